The lowest BCUT2D eigenvalue weighted by Crippen LogP contribution is -2.32. The Morgan fingerprint density at radius 3 is 2.95 bits per heavy atom. The van der Waals surface area contributed by atoms with E-state index in [4.69, 9.17) is 0 Å². The minimum atomic E-state index is -0.612. The third-order valence-corrected chi connectivity index (χ3v) is 3.61. The van der Waals surface area contributed by atoms with Gasteiger partial charge in [-0.2, -0.15) is 4.98 Å². The van der Waals surface area contributed by atoms with E-state index in [1.54, 1.807) is 22.9 Å². The van der Waals surface area contributed by atoms with Crippen LogP contribution in [-0.2, 0) is 4.74 Å². The van der Waals surface area contributed by atoms with Gasteiger partial charge in [0.25, 0.3) is 5.82 Å². The molecule has 0 saturated carbocycles. The van der Waals surface area contributed by atoms with Gasteiger partial charge in [0.15, 0.2) is 0 Å². The largest absolute Gasteiger partial charge is 0.463 e. The summed E-state index contributed by atoms with van der Waals surface area (Å²) >= 11 is 0. The molecular formula is C14H15FN4O2. The standard InChI is InChI=1S/C14H15FN4O2/c1-8-7-16-14-17-12(13(20)21-2)18-19(14)11(8)9-5-3-4-6-10(9)15/h3-6,8,11H,7H2,1-2H3,(H,16,17,18). The van der Waals surface area contributed by atoms with Gasteiger partial charge in [0.05, 0.1) is 13.2 Å². The molecule has 1 aromatic carbocycles. The lowest BCUT2D eigenvalue weighted by Gasteiger charge is -2.30. The fourth-order valence-electron chi connectivity index (χ4n) is 2.57. The number of carbonyl (C=O) groups is 1. The third-order valence-electron chi connectivity index (χ3n) is 3.61. The van der Waals surface area contributed by atoms with Gasteiger partial charge in [-0.05, 0) is 6.07 Å². The van der Waals surface area contributed by atoms with Crippen LogP contribution in [0.2, 0.25) is 0 Å². The number of aromatic nitrogens is 3. The molecule has 3 rings (SSSR count). The summed E-state index contributed by atoms with van der Waals surface area (Å²) in [7, 11) is 1.27. The Kier molecular flexibility index (Phi) is 3.32. The van der Waals surface area contributed by atoms with Gasteiger partial charge in [-0.15, -0.1) is 5.10 Å². The van der Waals surface area contributed by atoms with Crippen molar-refractivity contribution in [1.29, 1.82) is 0 Å². The normalized spacial score (nSPS) is 20.5. The number of fused-ring (bicyclic) bond motifs is 1. The van der Waals surface area contributed by atoms with E-state index in [1.807, 2.05) is 6.92 Å². The van der Waals surface area contributed by atoms with Crippen LogP contribution in [0.3, 0.4) is 0 Å². The molecule has 0 bridgehead atoms. The van der Waals surface area contributed by atoms with Crippen molar-refractivity contribution in [3.05, 3.63) is 41.5 Å². The van der Waals surface area contributed by atoms with Crippen LogP contribution >= 0.6 is 0 Å². The van der Waals surface area contributed by atoms with Gasteiger partial charge in [0.1, 0.15) is 5.82 Å². The van der Waals surface area contributed by atoms with Crippen LogP contribution in [0.1, 0.15) is 29.1 Å². The van der Waals surface area contributed by atoms with E-state index in [-0.39, 0.29) is 23.6 Å². The van der Waals surface area contributed by atoms with Crippen LogP contribution in [0.25, 0.3) is 0 Å². The molecule has 1 N–H and O–H groups in total. The van der Waals surface area contributed by atoms with Gasteiger partial charge in [-0.25, -0.2) is 13.9 Å². The maximum atomic E-state index is 14.1. The Morgan fingerprint density at radius 1 is 1.48 bits per heavy atom. The Hall–Kier alpha value is -2.44. The summed E-state index contributed by atoms with van der Waals surface area (Å²) in [6.07, 6.45) is 0. The highest BCUT2D eigenvalue weighted by molar-refractivity contribution is 5.85. The fraction of sp³-hybridized carbons (Fsp3) is 0.357. The SMILES string of the molecule is COC(=O)c1nc2n(n1)C(c1ccccc1F)C(C)CN2. The van der Waals surface area contributed by atoms with E-state index >= 15 is 0 Å². The number of anilines is 1. The molecular weight excluding hydrogens is 275 g/mol. The van der Waals surface area contributed by atoms with E-state index in [1.165, 1.54) is 13.2 Å². The molecule has 21 heavy (non-hydrogen) atoms. The second-order valence-electron chi connectivity index (χ2n) is 5.02. The van der Waals surface area contributed by atoms with Crippen molar-refractivity contribution < 1.29 is 13.9 Å². The average Bonchev–Trinajstić information content (AvgIpc) is 2.91. The van der Waals surface area contributed by atoms with Gasteiger partial charge in [0, 0.05) is 18.0 Å². The van der Waals surface area contributed by atoms with Crippen LogP contribution in [-0.4, -0.2) is 34.4 Å². The summed E-state index contributed by atoms with van der Waals surface area (Å²) in [5, 5.41) is 7.26. The summed E-state index contributed by atoms with van der Waals surface area (Å²) in [6.45, 7) is 2.62. The number of benzene rings is 1. The molecule has 6 nitrogen and oxygen atoms in total. The van der Waals surface area contributed by atoms with Crippen molar-refractivity contribution >= 4 is 11.9 Å². The highest BCUT2D eigenvalue weighted by atomic mass is 19.1. The number of carbonyl (C=O) groups excluding carboxylic acids is 1. The monoisotopic (exact) mass is 290 g/mol. The number of nitrogens with one attached hydrogen (secondary N) is 1. The predicted octanol–water partition coefficient (Wildman–Crippen LogP) is 1.85. The Bertz CT molecular complexity index is 685. The van der Waals surface area contributed by atoms with Gasteiger partial charge < -0.3 is 10.1 Å². The van der Waals surface area contributed by atoms with Crippen molar-refractivity contribution in [1.82, 2.24) is 14.8 Å². The molecule has 110 valence electrons. The lowest BCUT2D eigenvalue weighted by atomic mass is 9.93. The second-order valence-corrected chi connectivity index (χ2v) is 5.02. The molecule has 0 amide bonds. The molecule has 1 aliphatic rings. The summed E-state index contributed by atoms with van der Waals surface area (Å²) in [6, 6.07) is 6.26. The topological polar surface area (TPSA) is 69.0 Å². The first-order valence-corrected chi connectivity index (χ1v) is 6.65. The maximum Gasteiger partial charge on any atom is 0.378 e. The molecule has 2 heterocycles. The molecule has 0 radical (unpaired) electrons. The van der Waals surface area contributed by atoms with Gasteiger partial charge >= 0.3 is 5.97 Å². The zero-order valence-electron chi connectivity index (χ0n) is 11.7. The van der Waals surface area contributed by atoms with E-state index < -0.39 is 5.97 Å². The van der Waals surface area contributed by atoms with Crippen LogP contribution in [0.5, 0.6) is 0 Å². The number of hydrogen-bond acceptors (Lipinski definition) is 5. The summed E-state index contributed by atoms with van der Waals surface area (Å²) < 4.78 is 20.3. The highest BCUT2D eigenvalue weighted by Crippen LogP contribution is 2.33. The molecule has 2 unspecified atom stereocenters. The van der Waals surface area contributed by atoms with Crippen LogP contribution in [0.15, 0.2) is 24.3 Å². The molecule has 1 aliphatic heterocycles. The molecule has 2 atom stereocenters. The lowest BCUT2D eigenvalue weighted by molar-refractivity contribution is 0.0586. The summed E-state index contributed by atoms with van der Waals surface area (Å²) in [5.41, 5.74) is 0.536. The number of nitrogens with zero attached hydrogens (tertiary/aromatic N) is 3. The summed E-state index contributed by atoms with van der Waals surface area (Å²) in [4.78, 5) is 15.7. The van der Waals surface area contributed by atoms with Gasteiger partial charge in [-0.3, -0.25) is 0 Å². The number of rotatable bonds is 2. The second kappa shape index (κ2) is 5.16. The van der Waals surface area contributed by atoms with Crippen LogP contribution in [0.4, 0.5) is 10.3 Å². The average molecular weight is 290 g/mol. The van der Waals surface area contributed by atoms with Crippen molar-refractivity contribution in [2.24, 2.45) is 5.92 Å². The number of halogens is 1. The van der Waals surface area contributed by atoms with Crippen LogP contribution < -0.4 is 5.32 Å². The molecule has 0 spiro atoms. The molecule has 1 aromatic heterocycles. The molecule has 0 aliphatic carbocycles. The van der Waals surface area contributed by atoms with Crippen molar-refractivity contribution in [3.63, 3.8) is 0 Å². The van der Waals surface area contributed by atoms with E-state index in [0.717, 1.165) is 0 Å². The minimum absolute atomic E-state index is 0.0320. The number of ether oxygens (including phenoxy) is 1. The fourth-order valence-corrected chi connectivity index (χ4v) is 2.57. The Morgan fingerprint density at radius 2 is 2.24 bits per heavy atom. The van der Waals surface area contributed by atoms with E-state index in [9.17, 15) is 9.18 Å². The molecule has 7 heteroatoms. The number of methoxy groups -OCH3 is 1. The molecule has 0 fully saturated rings. The van der Waals surface area contributed by atoms with Crippen molar-refractivity contribution in [2.45, 2.75) is 13.0 Å². The van der Waals surface area contributed by atoms with Crippen LogP contribution in [0, 0.1) is 11.7 Å². The number of esters is 1. The smallest absolute Gasteiger partial charge is 0.378 e. The van der Waals surface area contributed by atoms with E-state index in [2.05, 4.69) is 20.1 Å². The first-order chi connectivity index (χ1) is 10.1. The molecule has 0 saturated heterocycles. The number of hydrogen-bond donors (Lipinski definition) is 1. The minimum Gasteiger partial charge on any atom is -0.463 e. The van der Waals surface area contributed by atoms with Gasteiger partial charge in [0.2, 0.25) is 5.95 Å². The maximum absolute atomic E-state index is 14.1. The van der Waals surface area contributed by atoms with Crippen molar-refractivity contribution in [3.8, 4) is 0 Å². The predicted molar refractivity (Wildman–Crippen MR) is 73.6 cm³/mol. The quantitative estimate of drug-likeness (QED) is 0.855. The zero-order valence-corrected chi connectivity index (χ0v) is 11.7. The Labute approximate surface area is 120 Å². The highest BCUT2D eigenvalue weighted by Gasteiger charge is 2.33. The first-order valence-electron chi connectivity index (χ1n) is 6.65. The summed E-state index contributed by atoms with van der Waals surface area (Å²) in [5.74, 6) is -0.394. The first kappa shape index (κ1) is 13.5. The Balaban J connectivity index is 2.09. The molecule has 2 aromatic rings. The van der Waals surface area contributed by atoms with Crippen molar-refractivity contribution in [2.75, 3.05) is 19.0 Å². The third kappa shape index (κ3) is 2.24. The van der Waals surface area contributed by atoms with E-state index in [0.29, 0.717) is 18.1 Å². The van der Waals surface area contributed by atoms with Gasteiger partial charge in [-0.1, -0.05) is 25.1 Å². The zero-order chi connectivity index (χ0) is 15.0.